The summed E-state index contributed by atoms with van der Waals surface area (Å²) in [6, 6.07) is 11.4. The first-order valence-electron chi connectivity index (χ1n) is 10.4. The maximum atomic E-state index is 6.27. The molecule has 0 aliphatic carbocycles. The summed E-state index contributed by atoms with van der Waals surface area (Å²) in [6.07, 6.45) is 4.95. The minimum atomic E-state index is -0.0559. The number of ether oxygens (including phenoxy) is 1. The second kappa shape index (κ2) is 8.90. The molecule has 1 unspecified atom stereocenters. The lowest BCUT2D eigenvalue weighted by atomic mass is 10.1. The Balaban J connectivity index is 1.44. The largest absolute Gasteiger partial charge is 0.368 e. The van der Waals surface area contributed by atoms with Gasteiger partial charge in [0.2, 0.25) is 11.9 Å². The lowest BCUT2D eigenvalue weighted by molar-refractivity contribution is -0.0366. The molecule has 2 aromatic heterocycles. The van der Waals surface area contributed by atoms with Crippen LogP contribution in [-0.4, -0.2) is 31.3 Å². The van der Waals surface area contributed by atoms with Crippen LogP contribution in [0.15, 0.2) is 42.6 Å². The molecule has 2 aromatic carbocycles. The number of aromatic nitrogens is 5. The Morgan fingerprint density at radius 3 is 2.88 bits per heavy atom. The van der Waals surface area contributed by atoms with Gasteiger partial charge in [0, 0.05) is 24.1 Å². The third-order valence-electron chi connectivity index (χ3n) is 5.41. The minimum Gasteiger partial charge on any atom is -0.368 e. The fourth-order valence-electron chi connectivity index (χ4n) is 3.78. The van der Waals surface area contributed by atoms with Gasteiger partial charge in [-0.25, -0.2) is 4.68 Å². The van der Waals surface area contributed by atoms with Crippen LogP contribution < -0.4 is 11.1 Å². The molecular weight excluding hydrogens is 449 g/mol. The average Bonchev–Trinajstić information content (AvgIpc) is 3.23. The van der Waals surface area contributed by atoms with E-state index in [1.165, 1.54) is 0 Å². The maximum absolute atomic E-state index is 6.27. The van der Waals surface area contributed by atoms with E-state index in [9.17, 15) is 0 Å². The van der Waals surface area contributed by atoms with Crippen molar-refractivity contribution in [2.24, 2.45) is 0 Å². The molecule has 3 N–H and O–H groups in total. The number of anilines is 2. The van der Waals surface area contributed by atoms with E-state index in [1.54, 1.807) is 6.07 Å². The van der Waals surface area contributed by atoms with Gasteiger partial charge in [-0.2, -0.15) is 20.1 Å². The molecule has 1 aliphatic rings. The highest BCUT2D eigenvalue weighted by Gasteiger charge is 2.19. The van der Waals surface area contributed by atoms with Gasteiger partial charge < -0.3 is 15.8 Å². The summed E-state index contributed by atoms with van der Waals surface area (Å²) in [5, 5.41) is 9.71. The van der Waals surface area contributed by atoms with Gasteiger partial charge in [0.05, 0.1) is 21.8 Å². The van der Waals surface area contributed by atoms with Crippen molar-refractivity contribution in [3.63, 3.8) is 0 Å². The molecule has 0 radical (unpaired) electrons. The van der Waals surface area contributed by atoms with E-state index in [0.717, 1.165) is 47.9 Å². The third-order valence-corrected chi connectivity index (χ3v) is 6.26. The Labute approximate surface area is 194 Å². The van der Waals surface area contributed by atoms with Gasteiger partial charge in [-0.05, 0) is 37.0 Å². The highest BCUT2D eigenvalue weighted by molar-refractivity contribution is 6.42. The molecule has 3 heterocycles. The molecule has 0 amide bonds. The SMILES string of the molecule is Nc1nc(NCc2cccc(Cl)c2Cl)nc(-c2ccc3cnn(C4CCCCO4)c3c2)n1. The van der Waals surface area contributed by atoms with Gasteiger partial charge in [-0.3, -0.25) is 0 Å². The van der Waals surface area contributed by atoms with Crippen LogP contribution in [0.2, 0.25) is 10.0 Å². The summed E-state index contributed by atoms with van der Waals surface area (Å²) in [5.41, 5.74) is 8.58. The number of nitrogens with one attached hydrogen (secondary N) is 1. The number of hydrogen-bond acceptors (Lipinski definition) is 7. The summed E-state index contributed by atoms with van der Waals surface area (Å²) >= 11 is 12.4. The maximum Gasteiger partial charge on any atom is 0.228 e. The van der Waals surface area contributed by atoms with Gasteiger partial charge >= 0.3 is 0 Å². The zero-order chi connectivity index (χ0) is 22.1. The molecule has 1 fully saturated rings. The number of rotatable bonds is 5. The van der Waals surface area contributed by atoms with E-state index in [4.69, 9.17) is 33.7 Å². The van der Waals surface area contributed by atoms with E-state index in [0.29, 0.717) is 28.4 Å². The number of fused-ring (bicyclic) bond motifs is 1. The molecule has 164 valence electrons. The highest BCUT2D eigenvalue weighted by Crippen LogP contribution is 2.29. The van der Waals surface area contributed by atoms with E-state index in [1.807, 2.05) is 41.2 Å². The molecule has 1 aliphatic heterocycles. The standard InChI is InChI=1S/C22H21Cl2N7O/c23-16-5-3-4-15(19(16)24)11-26-22-29-20(28-21(25)30-22)13-7-8-14-12-27-31(17(14)10-13)18-6-1-2-9-32-18/h3-5,7-8,10,12,18H,1-2,6,9,11H2,(H3,25,26,28,29,30). The third kappa shape index (κ3) is 4.21. The molecule has 0 spiro atoms. The lowest BCUT2D eigenvalue weighted by Gasteiger charge is -2.23. The van der Waals surface area contributed by atoms with Crippen LogP contribution in [0, 0.1) is 0 Å². The zero-order valence-electron chi connectivity index (χ0n) is 17.1. The molecule has 5 rings (SSSR count). The Hall–Kier alpha value is -2.94. The first kappa shape index (κ1) is 20.9. The summed E-state index contributed by atoms with van der Waals surface area (Å²) in [5.74, 6) is 0.947. The van der Waals surface area contributed by atoms with Crippen LogP contribution in [0.4, 0.5) is 11.9 Å². The molecule has 32 heavy (non-hydrogen) atoms. The second-order valence-electron chi connectivity index (χ2n) is 7.59. The lowest BCUT2D eigenvalue weighted by Crippen LogP contribution is -2.18. The van der Waals surface area contributed by atoms with E-state index < -0.39 is 0 Å². The topological polar surface area (TPSA) is 104 Å². The molecule has 10 heteroatoms. The van der Waals surface area contributed by atoms with Crippen LogP contribution in [0.3, 0.4) is 0 Å². The van der Waals surface area contributed by atoms with Crippen molar-refractivity contribution in [2.45, 2.75) is 32.0 Å². The average molecular weight is 470 g/mol. The quantitative estimate of drug-likeness (QED) is 0.419. The first-order valence-corrected chi connectivity index (χ1v) is 11.1. The van der Waals surface area contributed by atoms with Gasteiger partial charge in [0.25, 0.3) is 0 Å². The summed E-state index contributed by atoms with van der Waals surface area (Å²) in [6.45, 7) is 1.15. The first-order chi connectivity index (χ1) is 15.6. The summed E-state index contributed by atoms with van der Waals surface area (Å²) in [4.78, 5) is 13.1. The monoisotopic (exact) mass is 469 g/mol. The number of benzene rings is 2. The number of nitrogen functional groups attached to an aromatic ring is 1. The van der Waals surface area contributed by atoms with Gasteiger partial charge in [-0.1, -0.05) is 47.5 Å². The van der Waals surface area contributed by atoms with Crippen molar-refractivity contribution in [3.8, 4) is 11.4 Å². The predicted molar refractivity (Wildman–Crippen MR) is 126 cm³/mol. The van der Waals surface area contributed by atoms with Crippen molar-refractivity contribution < 1.29 is 4.74 Å². The number of halogens is 2. The fraction of sp³-hybridized carbons (Fsp3) is 0.273. The van der Waals surface area contributed by atoms with Gasteiger partial charge in [0.15, 0.2) is 12.1 Å². The number of nitrogens with two attached hydrogens (primary N) is 1. The van der Waals surface area contributed by atoms with Crippen LogP contribution >= 0.6 is 23.2 Å². The molecule has 0 bridgehead atoms. The Kier molecular flexibility index (Phi) is 5.82. The van der Waals surface area contributed by atoms with E-state index in [2.05, 4.69) is 25.4 Å². The predicted octanol–water partition coefficient (Wildman–Crippen LogP) is 5.09. The zero-order valence-corrected chi connectivity index (χ0v) is 18.6. The van der Waals surface area contributed by atoms with Crippen LogP contribution in [-0.2, 0) is 11.3 Å². The minimum absolute atomic E-state index is 0.0559. The van der Waals surface area contributed by atoms with Crippen molar-refractivity contribution in [2.75, 3.05) is 17.7 Å². The van der Waals surface area contributed by atoms with Crippen molar-refractivity contribution in [1.82, 2.24) is 24.7 Å². The molecular formula is C22H21Cl2N7O. The Morgan fingerprint density at radius 2 is 2.03 bits per heavy atom. The second-order valence-corrected chi connectivity index (χ2v) is 8.38. The molecule has 1 saturated heterocycles. The molecule has 0 saturated carbocycles. The van der Waals surface area contributed by atoms with Crippen molar-refractivity contribution in [1.29, 1.82) is 0 Å². The van der Waals surface area contributed by atoms with Crippen LogP contribution in [0.1, 0.15) is 31.1 Å². The van der Waals surface area contributed by atoms with Gasteiger partial charge in [0.1, 0.15) is 0 Å². The molecule has 1 atom stereocenters. The number of hydrogen-bond donors (Lipinski definition) is 2. The Morgan fingerprint density at radius 1 is 1.12 bits per heavy atom. The van der Waals surface area contributed by atoms with E-state index in [-0.39, 0.29) is 12.2 Å². The summed E-state index contributed by atoms with van der Waals surface area (Å²) < 4.78 is 7.85. The van der Waals surface area contributed by atoms with Crippen LogP contribution in [0.5, 0.6) is 0 Å². The van der Waals surface area contributed by atoms with Crippen molar-refractivity contribution in [3.05, 3.63) is 58.2 Å². The number of nitrogens with zero attached hydrogens (tertiary/aromatic N) is 5. The smallest absolute Gasteiger partial charge is 0.228 e. The Bertz CT molecular complexity index is 1270. The van der Waals surface area contributed by atoms with E-state index >= 15 is 0 Å². The molecule has 4 aromatic rings. The van der Waals surface area contributed by atoms with Crippen molar-refractivity contribution >= 4 is 46.0 Å². The fourth-order valence-corrected chi connectivity index (χ4v) is 4.17. The van der Waals surface area contributed by atoms with Gasteiger partial charge in [-0.15, -0.1) is 0 Å². The normalized spacial score (nSPS) is 16.4. The molecule has 8 nitrogen and oxygen atoms in total. The highest BCUT2D eigenvalue weighted by atomic mass is 35.5. The van der Waals surface area contributed by atoms with Crippen LogP contribution in [0.25, 0.3) is 22.3 Å². The summed E-state index contributed by atoms with van der Waals surface area (Å²) in [7, 11) is 0.